The Balaban J connectivity index is 1.95. The molecule has 1 atom stereocenters. The predicted octanol–water partition coefficient (Wildman–Crippen LogP) is 5.19. The number of carbonyl (C=O) groups is 2. The van der Waals surface area contributed by atoms with Crippen molar-refractivity contribution < 1.29 is 14.3 Å². The average Bonchev–Trinajstić information content (AvgIpc) is 2.59. The van der Waals surface area contributed by atoms with Crippen molar-refractivity contribution in [2.75, 3.05) is 5.32 Å². The van der Waals surface area contributed by atoms with Gasteiger partial charge in [0.05, 0.1) is 10.0 Å². The summed E-state index contributed by atoms with van der Waals surface area (Å²) in [5, 5.41) is 3.60. The van der Waals surface area contributed by atoms with Gasteiger partial charge in [0.1, 0.15) is 0 Å². The third-order valence-corrected chi connectivity index (χ3v) is 4.41. The molecule has 2 aromatic rings. The summed E-state index contributed by atoms with van der Waals surface area (Å²) in [4.78, 5) is 24.1. The Bertz CT molecular complexity index is 862. The molecule has 0 spiro atoms. The summed E-state index contributed by atoms with van der Waals surface area (Å²) >= 11 is 11.8. The molecular formula is C20H19Cl2NO3. The van der Waals surface area contributed by atoms with E-state index in [0.29, 0.717) is 21.3 Å². The van der Waals surface area contributed by atoms with Crippen LogP contribution in [0.25, 0.3) is 6.08 Å². The Morgan fingerprint density at radius 1 is 1.08 bits per heavy atom. The van der Waals surface area contributed by atoms with Crippen molar-refractivity contribution in [2.45, 2.75) is 26.9 Å². The molecule has 0 heterocycles. The van der Waals surface area contributed by atoms with Crippen molar-refractivity contribution in [3.05, 3.63) is 69.2 Å². The third kappa shape index (κ3) is 5.61. The van der Waals surface area contributed by atoms with Gasteiger partial charge in [-0.25, -0.2) is 4.79 Å². The zero-order valence-electron chi connectivity index (χ0n) is 14.7. The molecule has 1 amide bonds. The number of hydrogen-bond donors (Lipinski definition) is 1. The minimum Gasteiger partial charge on any atom is -0.449 e. The average molecular weight is 392 g/mol. The quantitative estimate of drug-likeness (QED) is 0.563. The molecule has 0 radical (unpaired) electrons. The number of benzene rings is 2. The number of nitrogens with one attached hydrogen (secondary N) is 1. The van der Waals surface area contributed by atoms with Gasteiger partial charge in [0, 0.05) is 11.8 Å². The molecule has 0 aliphatic carbocycles. The molecule has 0 saturated heterocycles. The third-order valence-electron chi connectivity index (χ3n) is 3.67. The first kappa shape index (κ1) is 20.0. The highest BCUT2D eigenvalue weighted by Gasteiger charge is 2.17. The summed E-state index contributed by atoms with van der Waals surface area (Å²) in [5.74, 6) is -1.02. The first-order chi connectivity index (χ1) is 12.3. The number of carbonyl (C=O) groups excluding carboxylic acids is 2. The molecule has 0 saturated carbocycles. The SMILES string of the molecule is Cc1ccc(C)c(NC(=O)[C@H](C)OC(=O)/C=C/c2ccc(Cl)c(Cl)c2)c1. The zero-order chi connectivity index (χ0) is 19.3. The van der Waals surface area contributed by atoms with Gasteiger partial charge >= 0.3 is 5.97 Å². The summed E-state index contributed by atoms with van der Waals surface area (Å²) in [6.07, 6.45) is 1.85. The van der Waals surface area contributed by atoms with Crippen LogP contribution in [0.4, 0.5) is 5.69 Å². The fourth-order valence-electron chi connectivity index (χ4n) is 2.15. The molecule has 4 nitrogen and oxygen atoms in total. The molecule has 136 valence electrons. The van der Waals surface area contributed by atoms with E-state index in [0.717, 1.165) is 11.1 Å². The Hall–Kier alpha value is -2.30. The van der Waals surface area contributed by atoms with E-state index in [1.807, 2.05) is 32.0 Å². The van der Waals surface area contributed by atoms with E-state index in [4.69, 9.17) is 27.9 Å². The molecule has 0 fully saturated rings. The summed E-state index contributed by atoms with van der Waals surface area (Å²) < 4.78 is 5.13. The van der Waals surface area contributed by atoms with E-state index >= 15 is 0 Å². The maximum atomic E-state index is 12.2. The second-order valence-electron chi connectivity index (χ2n) is 5.89. The summed E-state index contributed by atoms with van der Waals surface area (Å²) in [7, 11) is 0. The number of aryl methyl sites for hydroxylation is 2. The number of amides is 1. The highest BCUT2D eigenvalue weighted by Crippen LogP contribution is 2.23. The highest BCUT2D eigenvalue weighted by atomic mass is 35.5. The standard InChI is InChI=1S/C20H19Cl2NO3/c1-12-4-5-13(2)18(10-12)23-20(25)14(3)26-19(24)9-7-15-6-8-16(21)17(22)11-15/h4-11,14H,1-3H3,(H,23,25)/b9-7+/t14-/m0/s1. The van der Waals surface area contributed by atoms with Crippen LogP contribution in [0.3, 0.4) is 0 Å². The lowest BCUT2D eigenvalue weighted by Gasteiger charge is -2.14. The number of rotatable bonds is 5. The minimum atomic E-state index is -0.930. The van der Waals surface area contributed by atoms with Crippen LogP contribution in [-0.4, -0.2) is 18.0 Å². The van der Waals surface area contributed by atoms with E-state index in [2.05, 4.69) is 5.32 Å². The monoisotopic (exact) mass is 391 g/mol. The van der Waals surface area contributed by atoms with Gasteiger partial charge in [-0.05, 0) is 61.7 Å². The molecule has 0 aromatic heterocycles. The topological polar surface area (TPSA) is 55.4 Å². The van der Waals surface area contributed by atoms with Gasteiger partial charge in [0.2, 0.25) is 0 Å². The summed E-state index contributed by atoms with van der Waals surface area (Å²) in [5.41, 5.74) is 3.36. The van der Waals surface area contributed by atoms with Crippen LogP contribution in [0.5, 0.6) is 0 Å². The van der Waals surface area contributed by atoms with Crippen LogP contribution in [0.1, 0.15) is 23.6 Å². The van der Waals surface area contributed by atoms with Crippen molar-refractivity contribution in [3.8, 4) is 0 Å². The lowest BCUT2D eigenvalue weighted by molar-refractivity contribution is -0.148. The molecule has 0 aliphatic rings. The van der Waals surface area contributed by atoms with Gasteiger partial charge in [-0.1, -0.05) is 41.4 Å². The van der Waals surface area contributed by atoms with Crippen LogP contribution >= 0.6 is 23.2 Å². The van der Waals surface area contributed by atoms with Crippen LogP contribution < -0.4 is 5.32 Å². The van der Waals surface area contributed by atoms with E-state index in [9.17, 15) is 9.59 Å². The Morgan fingerprint density at radius 3 is 2.50 bits per heavy atom. The fourth-order valence-corrected chi connectivity index (χ4v) is 2.46. The van der Waals surface area contributed by atoms with E-state index in [1.165, 1.54) is 13.0 Å². The molecule has 6 heteroatoms. The lowest BCUT2D eigenvalue weighted by Crippen LogP contribution is -2.29. The van der Waals surface area contributed by atoms with Crippen molar-refractivity contribution in [2.24, 2.45) is 0 Å². The van der Waals surface area contributed by atoms with Gasteiger partial charge in [0.25, 0.3) is 5.91 Å². The van der Waals surface area contributed by atoms with Crippen LogP contribution in [-0.2, 0) is 14.3 Å². The predicted molar refractivity (Wildman–Crippen MR) is 106 cm³/mol. The van der Waals surface area contributed by atoms with Crippen LogP contribution in [0, 0.1) is 13.8 Å². The lowest BCUT2D eigenvalue weighted by atomic mass is 10.1. The maximum Gasteiger partial charge on any atom is 0.331 e. The van der Waals surface area contributed by atoms with Gasteiger partial charge < -0.3 is 10.1 Å². The van der Waals surface area contributed by atoms with Crippen molar-refractivity contribution in [3.63, 3.8) is 0 Å². The molecule has 2 rings (SSSR count). The molecule has 0 aliphatic heterocycles. The normalized spacial score (nSPS) is 12.0. The summed E-state index contributed by atoms with van der Waals surface area (Å²) in [6.45, 7) is 5.35. The van der Waals surface area contributed by atoms with Gasteiger partial charge in [0.15, 0.2) is 6.10 Å². The van der Waals surface area contributed by atoms with E-state index < -0.39 is 18.0 Å². The van der Waals surface area contributed by atoms with Crippen LogP contribution in [0.2, 0.25) is 10.0 Å². The number of ether oxygens (including phenoxy) is 1. The van der Waals surface area contributed by atoms with Gasteiger partial charge in [-0.2, -0.15) is 0 Å². The van der Waals surface area contributed by atoms with E-state index in [-0.39, 0.29) is 0 Å². The molecule has 0 bridgehead atoms. The number of hydrogen-bond acceptors (Lipinski definition) is 3. The maximum absolute atomic E-state index is 12.2. The van der Waals surface area contributed by atoms with E-state index in [1.54, 1.807) is 24.3 Å². The second-order valence-corrected chi connectivity index (χ2v) is 6.71. The molecule has 2 aromatic carbocycles. The number of halogens is 2. The molecule has 26 heavy (non-hydrogen) atoms. The van der Waals surface area contributed by atoms with Gasteiger partial charge in [-0.15, -0.1) is 0 Å². The fraction of sp³-hybridized carbons (Fsp3) is 0.200. The molecular weight excluding hydrogens is 373 g/mol. The van der Waals surface area contributed by atoms with Crippen molar-refractivity contribution in [1.29, 1.82) is 0 Å². The first-order valence-corrected chi connectivity index (χ1v) is 8.73. The molecule has 1 N–H and O–H groups in total. The summed E-state index contributed by atoms with van der Waals surface area (Å²) in [6, 6.07) is 10.7. The van der Waals surface area contributed by atoms with Gasteiger partial charge in [-0.3, -0.25) is 4.79 Å². The van der Waals surface area contributed by atoms with Crippen molar-refractivity contribution >= 4 is 46.8 Å². The smallest absolute Gasteiger partial charge is 0.331 e. The first-order valence-electron chi connectivity index (χ1n) is 7.98. The minimum absolute atomic E-state index is 0.392. The highest BCUT2D eigenvalue weighted by molar-refractivity contribution is 6.42. The zero-order valence-corrected chi connectivity index (χ0v) is 16.2. The number of esters is 1. The number of anilines is 1. The van der Waals surface area contributed by atoms with Crippen LogP contribution in [0.15, 0.2) is 42.5 Å². The Labute approximate surface area is 162 Å². The Kier molecular flexibility index (Phi) is 6.83. The second kappa shape index (κ2) is 8.88. The van der Waals surface area contributed by atoms with Crippen molar-refractivity contribution in [1.82, 2.24) is 0 Å². The Morgan fingerprint density at radius 2 is 1.81 bits per heavy atom. The largest absolute Gasteiger partial charge is 0.449 e. The molecule has 0 unspecified atom stereocenters.